The highest BCUT2D eigenvalue weighted by Crippen LogP contribution is 2.39. The third-order valence-electron chi connectivity index (χ3n) is 13.8. The molecule has 0 aromatic rings. The molecule has 5 aliphatic rings. The van der Waals surface area contributed by atoms with Crippen LogP contribution in [0, 0.1) is 17.8 Å². The predicted octanol–water partition coefficient (Wildman–Crippen LogP) is -3.46. The van der Waals surface area contributed by atoms with Crippen molar-refractivity contribution in [3.05, 3.63) is 58.6 Å². The summed E-state index contributed by atoms with van der Waals surface area (Å²) in [6, 6.07) is 0. The van der Waals surface area contributed by atoms with E-state index in [1.807, 2.05) is 6.92 Å². The number of esters is 5. The number of methoxy groups -OCH3 is 2. The zero-order valence-electron chi connectivity index (χ0n) is 43.7. The lowest BCUT2D eigenvalue weighted by molar-refractivity contribution is -0.328. The molecule has 5 rings (SSSR count). The molecule has 3 fully saturated rings. The Labute approximate surface area is 447 Å². The lowest BCUT2D eigenvalue weighted by atomic mass is 9.86. The average Bonchev–Trinajstić information content (AvgIpc) is 3.42. The molecule has 20 atom stereocenters. The van der Waals surface area contributed by atoms with E-state index in [1.54, 1.807) is 13.0 Å². The molecular formula is C50H72O28. The van der Waals surface area contributed by atoms with Crippen molar-refractivity contribution in [3.8, 4) is 0 Å². The molecule has 0 amide bonds. The van der Waals surface area contributed by atoms with Crippen LogP contribution >= 0.6 is 0 Å². The largest absolute Gasteiger partial charge is 0.468 e. The van der Waals surface area contributed by atoms with E-state index in [0.717, 1.165) is 26.7 Å². The van der Waals surface area contributed by atoms with Crippen molar-refractivity contribution in [2.75, 3.05) is 40.6 Å². The van der Waals surface area contributed by atoms with Gasteiger partial charge >= 0.3 is 29.8 Å². The van der Waals surface area contributed by atoms with Crippen molar-refractivity contribution in [2.45, 2.75) is 164 Å². The van der Waals surface area contributed by atoms with Gasteiger partial charge in [0.1, 0.15) is 79.9 Å². The summed E-state index contributed by atoms with van der Waals surface area (Å²) >= 11 is 0. The van der Waals surface area contributed by atoms with Crippen molar-refractivity contribution < 1.29 is 137 Å². The molecule has 0 spiro atoms. The molecule has 28 heteroatoms. The van der Waals surface area contributed by atoms with Crippen LogP contribution in [0.15, 0.2) is 58.6 Å². The van der Waals surface area contributed by atoms with E-state index < -0.39 is 179 Å². The standard InChI is InChI=1S/C50H72O28/c1-7-23-25(14-32(53)69-13-12-21(3)10-9-11-22(4)43(64)76-48-40(61)37(58)34(55)29(16-51)73-48)27(44(65)67-5)18-72-47(23)78-50-42(63)39(60)36(57)31(75-50)20-70-33(54)15-26-24(8-2)46(71-19-28(26)45(66)68-6)77-49-41(62)38(59)35(56)30(17-52)74-49/h7-8,11,18-19,21,25-26,29-31,34-42,46-52,55-63H,9-10,12-17,20H2,1-6H3/b22-11+,23-7+,24-8+/t21-,25+,26+,29-,30-,31-,34-,35-,36-,37+,38+,39+,40-,41-,42-,46+,47+,48+,49+,50+/m1/s1. The zero-order chi connectivity index (χ0) is 57.7. The molecular weight excluding hydrogens is 1050 g/mol. The van der Waals surface area contributed by atoms with Crippen LogP contribution < -0.4 is 0 Å². The lowest BCUT2D eigenvalue weighted by Crippen LogP contribution is -2.60. The highest BCUT2D eigenvalue weighted by molar-refractivity contribution is 5.91. The van der Waals surface area contributed by atoms with Crippen LogP contribution in [0.4, 0.5) is 0 Å². The van der Waals surface area contributed by atoms with Crippen molar-refractivity contribution in [3.63, 3.8) is 0 Å². The maximum Gasteiger partial charge on any atom is 0.337 e. The van der Waals surface area contributed by atoms with Crippen LogP contribution in [-0.2, 0) is 80.8 Å². The minimum atomic E-state index is -1.96. The number of allylic oxidation sites excluding steroid dienone is 3. The Morgan fingerprint density at radius 3 is 1.46 bits per heavy atom. The van der Waals surface area contributed by atoms with E-state index in [2.05, 4.69) is 0 Å². The zero-order valence-corrected chi connectivity index (χ0v) is 43.7. The summed E-state index contributed by atoms with van der Waals surface area (Å²) in [4.78, 5) is 65.3. The van der Waals surface area contributed by atoms with Crippen LogP contribution in [-0.4, -0.2) is 231 Å². The molecule has 11 N–H and O–H groups in total. The third kappa shape index (κ3) is 15.5. The quantitative estimate of drug-likeness (QED) is 0.0217. The van der Waals surface area contributed by atoms with Crippen molar-refractivity contribution in [1.82, 2.24) is 0 Å². The first-order valence-corrected chi connectivity index (χ1v) is 25.1. The van der Waals surface area contributed by atoms with E-state index in [9.17, 15) is 80.1 Å². The first-order valence-electron chi connectivity index (χ1n) is 25.1. The number of rotatable bonds is 22. The maximum atomic E-state index is 13.5. The number of aliphatic hydroxyl groups excluding tert-OH is 11. The minimum absolute atomic E-state index is 0.0395. The number of ether oxygens (including phenoxy) is 12. The van der Waals surface area contributed by atoms with Gasteiger partial charge in [0.25, 0.3) is 0 Å². The van der Waals surface area contributed by atoms with Gasteiger partial charge in [0.2, 0.25) is 18.9 Å². The number of hydrogen-bond acceptors (Lipinski definition) is 28. The highest BCUT2D eigenvalue weighted by Gasteiger charge is 2.50. The Balaban J connectivity index is 1.16. The molecule has 0 aliphatic carbocycles. The van der Waals surface area contributed by atoms with Crippen molar-refractivity contribution in [1.29, 1.82) is 0 Å². The van der Waals surface area contributed by atoms with Gasteiger partial charge in [-0.2, -0.15) is 0 Å². The molecule has 5 aliphatic heterocycles. The third-order valence-corrected chi connectivity index (χ3v) is 13.8. The topological polar surface area (TPSA) is 419 Å². The molecule has 0 unspecified atom stereocenters. The van der Waals surface area contributed by atoms with E-state index in [-0.39, 0.29) is 40.4 Å². The van der Waals surface area contributed by atoms with Gasteiger partial charge < -0.3 is 113 Å². The fourth-order valence-corrected chi connectivity index (χ4v) is 9.01. The van der Waals surface area contributed by atoms with Gasteiger partial charge in [0.15, 0.2) is 12.6 Å². The Kier molecular flexibility index (Phi) is 24.1. The van der Waals surface area contributed by atoms with Crippen LogP contribution in [0.2, 0.25) is 0 Å². The SMILES string of the molecule is C/C=C1/[C@H](O[C@@H]2O[C@H](CO)[C@@H](O)[C@H](O)[C@H]2O)OC=C(C(=O)OC)[C@H]1CC(=O)OC[C@H]1O[C@@H](O[C@@H]2OC=C(C(=O)OC)[C@@H](CC(=O)OCC[C@H](C)CC/C=C(\C)C(=O)O[C@@H]3O[C@H](CO)[C@@H](O)[C@H](O)[C@H]3O)/C2=C\C)[C@H](O)[C@@H](O)[C@@H]1O. The Morgan fingerprint density at radius 2 is 1.01 bits per heavy atom. The van der Waals surface area contributed by atoms with E-state index in [1.165, 1.54) is 26.0 Å². The molecule has 0 aromatic carbocycles. The number of hydrogen-bond donors (Lipinski definition) is 11. The van der Waals surface area contributed by atoms with Crippen molar-refractivity contribution in [2.24, 2.45) is 17.8 Å². The predicted molar refractivity (Wildman–Crippen MR) is 255 cm³/mol. The molecule has 3 saturated heterocycles. The molecule has 5 heterocycles. The second-order valence-corrected chi connectivity index (χ2v) is 19.0. The first kappa shape index (κ1) is 63.8. The normalized spacial score (nSPS) is 36.7. The molecule has 0 radical (unpaired) electrons. The van der Waals surface area contributed by atoms with Crippen LogP contribution in [0.25, 0.3) is 0 Å². The monoisotopic (exact) mass is 1120 g/mol. The fraction of sp³-hybridized carbons (Fsp3) is 0.700. The summed E-state index contributed by atoms with van der Waals surface area (Å²) in [5.74, 6) is -6.67. The van der Waals surface area contributed by atoms with Crippen LogP contribution in [0.1, 0.15) is 59.8 Å². The molecule has 0 aromatic heterocycles. The smallest absolute Gasteiger partial charge is 0.337 e. The number of carbonyl (C=O) groups excluding carboxylic acids is 5. The summed E-state index contributed by atoms with van der Waals surface area (Å²) in [5.41, 5.74) is 0.155. The summed E-state index contributed by atoms with van der Waals surface area (Å²) in [6.07, 6.45) is -21.7. The van der Waals surface area contributed by atoms with E-state index >= 15 is 0 Å². The molecule has 0 bridgehead atoms. The van der Waals surface area contributed by atoms with E-state index in [0.29, 0.717) is 19.3 Å². The van der Waals surface area contributed by atoms with E-state index in [4.69, 9.17) is 56.8 Å². The second kappa shape index (κ2) is 29.5. The molecule has 440 valence electrons. The van der Waals surface area contributed by atoms with Gasteiger partial charge in [-0.05, 0) is 46.0 Å². The van der Waals surface area contributed by atoms with Crippen molar-refractivity contribution >= 4 is 29.8 Å². The molecule has 28 nitrogen and oxygen atoms in total. The highest BCUT2D eigenvalue weighted by atomic mass is 16.8. The molecule has 0 saturated carbocycles. The Hall–Kier alpha value is -4.99. The summed E-state index contributed by atoms with van der Waals surface area (Å²) in [7, 11) is 2.19. The van der Waals surface area contributed by atoms with Gasteiger partial charge in [-0.1, -0.05) is 25.2 Å². The average molecular weight is 1120 g/mol. The summed E-state index contributed by atoms with van der Waals surface area (Å²) in [6.45, 7) is 4.14. The Bertz CT molecular complexity index is 2210. The van der Waals surface area contributed by atoms with Crippen LogP contribution in [0.5, 0.6) is 0 Å². The minimum Gasteiger partial charge on any atom is -0.468 e. The lowest BCUT2D eigenvalue weighted by Gasteiger charge is -2.42. The first-order chi connectivity index (χ1) is 37.0. The number of carbonyl (C=O) groups is 5. The van der Waals surface area contributed by atoms with Gasteiger partial charge in [-0.3, -0.25) is 9.59 Å². The second-order valence-electron chi connectivity index (χ2n) is 19.0. The van der Waals surface area contributed by atoms with Gasteiger partial charge in [0, 0.05) is 28.6 Å². The Morgan fingerprint density at radius 1 is 0.590 bits per heavy atom. The van der Waals surface area contributed by atoms with Gasteiger partial charge in [0.05, 0.1) is 70.6 Å². The number of aliphatic hydroxyl groups is 11. The summed E-state index contributed by atoms with van der Waals surface area (Å²) < 4.78 is 65.4. The van der Waals surface area contributed by atoms with Gasteiger partial charge in [-0.25, -0.2) is 14.4 Å². The van der Waals surface area contributed by atoms with Crippen LogP contribution in [0.3, 0.4) is 0 Å². The van der Waals surface area contributed by atoms with Gasteiger partial charge in [-0.15, -0.1) is 0 Å². The summed E-state index contributed by atoms with van der Waals surface area (Å²) in [5, 5.41) is 113. The maximum absolute atomic E-state index is 13.5. The molecule has 78 heavy (non-hydrogen) atoms. The fourth-order valence-electron chi connectivity index (χ4n) is 9.01.